The van der Waals surface area contributed by atoms with Crippen molar-refractivity contribution in [1.29, 1.82) is 0 Å². The van der Waals surface area contributed by atoms with Crippen molar-refractivity contribution in [2.45, 2.75) is 23.3 Å². The molecule has 0 radical (unpaired) electrons. The Hall–Kier alpha value is -0.430. The highest BCUT2D eigenvalue weighted by Crippen LogP contribution is 2.55. The van der Waals surface area contributed by atoms with Crippen LogP contribution in [0.25, 0.3) is 0 Å². The van der Waals surface area contributed by atoms with Gasteiger partial charge in [-0.15, -0.1) is 0 Å². The lowest BCUT2D eigenvalue weighted by Gasteiger charge is -2.34. The van der Waals surface area contributed by atoms with Crippen LogP contribution >= 0.6 is 11.6 Å². The van der Waals surface area contributed by atoms with Crippen molar-refractivity contribution in [2.24, 2.45) is 0 Å². The van der Waals surface area contributed by atoms with E-state index in [9.17, 15) is 47.4 Å². The third-order valence-electron chi connectivity index (χ3n) is 1.34. The molecule has 0 spiro atoms. The second-order valence-corrected chi connectivity index (χ2v) is 4.12. The molecule has 0 saturated heterocycles. The van der Waals surface area contributed by atoms with Crippen molar-refractivity contribution in [1.82, 2.24) is 0 Å². The fourth-order valence-corrected chi connectivity index (χ4v) is 1.27. The highest BCUT2D eigenvalue weighted by atomic mass is 35.5. The van der Waals surface area contributed by atoms with E-state index < -0.39 is 33.8 Å². The molecule has 0 saturated carbocycles. The van der Waals surface area contributed by atoms with Crippen molar-refractivity contribution in [2.75, 3.05) is 0 Å². The first kappa shape index (κ1) is 17.6. The second-order valence-electron chi connectivity index (χ2n) is 2.64. The van der Waals surface area contributed by atoms with Gasteiger partial charge < -0.3 is 0 Å². The van der Waals surface area contributed by atoms with Crippen LogP contribution in [0.3, 0.4) is 0 Å². The summed E-state index contributed by atoms with van der Waals surface area (Å²) < 4.78 is 130. The van der Waals surface area contributed by atoms with Gasteiger partial charge in [0.25, 0.3) is 0 Å². The molecule has 0 aromatic rings. The van der Waals surface area contributed by atoms with Gasteiger partial charge in [0.05, 0.1) is 0 Å². The van der Waals surface area contributed by atoms with Gasteiger partial charge >= 0.3 is 33.8 Å². The van der Waals surface area contributed by atoms with Crippen LogP contribution in [0.1, 0.15) is 0 Å². The molecule has 0 aromatic heterocycles. The first-order valence-corrected chi connectivity index (χ1v) is 5.00. The molecule has 110 valence electrons. The van der Waals surface area contributed by atoms with Crippen LogP contribution in [0.2, 0.25) is 0 Å². The predicted molar refractivity (Wildman–Crippen MR) is 36.8 cm³/mol. The zero-order valence-electron chi connectivity index (χ0n) is 7.41. The lowest BCUT2D eigenvalue weighted by atomic mass is 10.1. The smallest absolute Gasteiger partial charge is 0.209 e. The molecule has 2 atom stereocenters. The van der Waals surface area contributed by atoms with Gasteiger partial charge in [0.2, 0.25) is 0 Å². The summed E-state index contributed by atoms with van der Waals surface area (Å²) in [6.07, 6.45) is -13.7. The summed E-state index contributed by atoms with van der Waals surface area (Å²) in [6, 6.07) is 0. The minimum Gasteiger partial charge on any atom is -0.209 e. The zero-order chi connectivity index (χ0) is 15.2. The highest BCUT2D eigenvalue weighted by molar-refractivity contribution is 7.81. The summed E-state index contributed by atoms with van der Waals surface area (Å²) in [5, 5.41) is -6.38. The molecule has 0 fully saturated rings. The molecule has 3 nitrogen and oxygen atoms in total. The van der Waals surface area contributed by atoms with E-state index in [0.717, 1.165) is 0 Å². The maximum Gasteiger partial charge on any atom is 0.454 e. The average molecular weight is 335 g/mol. The first-order valence-electron chi connectivity index (χ1n) is 3.31. The van der Waals surface area contributed by atoms with Gasteiger partial charge in [0, 0.05) is 0 Å². The lowest BCUT2D eigenvalue weighted by molar-refractivity contribution is -0.374. The molecular formula is C4ClF9O3S. The SMILES string of the molecule is O=S(=O)(F)OC(F)(C(F)(F)F)C(F)(Cl)C(F)(F)F. The Labute approximate surface area is 97.9 Å². The molecule has 0 aliphatic rings. The molecule has 14 heteroatoms. The average Bonchev–Trinajstić information content (AvgIpc) is 1.95. The summed E-state index contributed by atoms with van der Waals surface area (Å²) in [6.45, 7) is 0. The lowest BCUT2D eigenvalue weighted by Crippen LogP contribution is -2.63. The molecule has 0 heterocycles. The van der Waals surface area contributed by atoms with Gasteiger partial charge in [0.1, 0.15) is 0 Å². The van der Waals surface area contributed by atoms with Gasteiger partial charge in [-0.05, 0) is 0 Å². The van der Waals surface area contributed by atoms with Crippen molar-refractivity contribution in [3.8, 4) is 0 Å². The van der Waals surface area contributed by atoms with Crippen LogP contribution < -0.4 is 0 Å². The maximum absolute atomic E-state index is 12.9. The molecule has 0 N–H and O–H groups in total. The third kappa shape index (κ3) is 3.12. The minimum atomic E-state index is -6.93. The molecule has 0 aromatic carbocycles. The van der Waals surface area contributed by atoms with E-state index in [2.05, 4.69) is 11.6 Å². The number of hydrogen-bond donors (Lipinski definition) is 0. The van der Waals surface area contributed by atoms with E-state index in [1.165, 1.54) is 0 Å². The summed E-state index contributed by atoms with van der Waals surface area (Å²) in [5.74, 6) is -6.69. The van der Waals surface area contributed by atoms with Crippen LogP contribution in [0.5, 0.6) is 0 Å². The molecular weight excluding hydrogens is 335 g/mol. The topological polar surface area (TPSA) is 43.4 Å². The van der Waals surface area contributed by atoms with E-state index >= 15 is 0 Å². The maximum atomic E-state index is 12.9. The molecule has 2 unspecified atom stereocenters. The molecule has 0 amide bonds. The van der Waals surface area contributed by atoms with E-state index in [4.69, 9.17) is 0 Å². The Bertz CT molecular complexity index is 411. The zero-order valence-corrected chi connectivity index (χ0v) is 8.99. The number of halogens is 10. The van der Waals surface area contributed by atoms with Crippen LogP contribution in [0.4, 0.5) is 39.0 Å². The summed E-state index contributed by atoms with van der Waals surface area (Å²) >= 11 is 3.67. The fourth-order valence-electron chi connectivity index (χ4n) is 0.597. The molecule has 0 aliphatic heterocycles. The standard InChI is InChI=1S/C4ClF9O3S/c5-1(6,3(8,9)10)2(7,4(11,12)13)17-18(14,15)16. The Morgan fingerprint density at radius 2 is 1.17 bits per heavy atom. The summed E-state index contributed by atoms with van der Waals surface area (Å²) in [5.41, 5.74) is 0. The van der Waals surface area contributed by atoms with Gasteiger partial charge in [-0.2, -0.15) is 43.3 Å². The van der Waals surface area contributed by atoms with Crippen molar-refractivity contribution in [3.63, 3.8) is 0 Å². The minimum absolute atomic E-state index is 1.87. The van der Waals surface area contributed by atoms with E-state index in [-0.39, 0.29) is 0 Å². The van der Waals surface area contributed by atoms with Crippen LogP contribution in [-0.4, -0.2) is 31.8 Å². The Morgan fingerprint density at radius 1 is 0.833 bits per heavy atom. The Kier molecular flexibility index (Phi) is 4.20. The summed E-state index contributed by atoms with van der Waals surface area (Å²) in [4.78, 5) is 0. The molecule has 0 rings (SSSR count). The van der Waals surface area contributed by atoms with E-state index in [1.807, 2.05) is 4.18 Å². The van der Waals surface area contributed by atoms with Gasteiger partial charge in [-0.25, -0.2) is 4.39 Å². The van der Waals surface area contributed by atoms with Gasteiger partial charge in [0.15, 0.2) is 0 Å². The largest absolute Gasteiger partial charge is 0.454 e. The quantitative estimate of drug-likeness (QED) is 0.453. The number of alkyl halides is 9. The molecule has 0 bridgehead atoms. The van der Waals surface area contributed by atoms with Crippen molar-refractivity contribution in [3.05, 3.63) is 0 Å². The first-order chi connectivity index (χ1) is 7.46. The normalized spacial score (nSPS) is 21.2. The predicted octanol–water partition coefficient (Wildman–Crippen LogP) is 2.91. The third-order valence-corrected chi connectivity index (χ3v) is 2.22. The van der Waals surface area contributed by atoms with Crippen molar-refractivity contribution >= 4 is 22.1 Å². The van der Waals surface area contributed by atoms with Gasteiger partial charge in [-0.3, -0.25) is 0 Å². The van der Waals surface area contributed by atoms with Crippen LogP contribution in [0.15, 0.2) is 0 Å². The Morgan fingerprint density at radius 3 is 1.33 bits per heavy atom. The van der Waals surface area contributed by atoms with Gasteiger partial charge in [-0.1, -0.05) is 15.5 Å². The van der Waals surface area contributed by atoms with E-state index in [1.54, 1.807) is 0 Å². The summed E-state index contributed by atoms with van der Waals surface area (Å²) in [7, 11) is -6.93. The second kappa shape index (κ2) is 4.30. The fraction of sp³-hybridized carbons (Fsp3) is 1.00. The Balaban J connectivity index is 5.96. The molecule has 0 aliphatic carbocycles. The monoisotopic (exact) mass is 334 g/mol. The van der Waals surface area contributed by atoms with Crippen LogP contribution in [-0.2, 0) is 14.7 Å². The highest BCUT2D eigenvalue weighted by Gasteiger charge is 2.82. The molecule has 18 heavy (non-hydrogen) atoms. The number of rotatable bonds is 3. The van der Waals surface area contributed by atoms with E-state index in [0.29, 0.717) is 0 Å². The van der Waals surface area contributed by atoms with Crippen LogP contribution in [0, 0.1) is 0 Å². The van der Waals surface area contributed by atoms with Crippen molar-refractivity contribution < 1.29 is 51.6 Å². The number of hydrogen-bond acceptors (Lipinski definition) is 3.